The average Bonchev–Trinajstić information content (AvgIpc) is 3.42. The molecule has 0 saturated heterocycles. The van der Waals surface area contributed by atoms with Gasteiger partial charge in [-0.15, -0.1) is 6.42 Å². The van der Waals surface area contributed by atoms with Crippen LogP contribution in [0.1, 0.15) is 58.1 Å². The monoisotopic (exact) mass is 661 g/mol. The predicted octanol–water partition coefficient (Wildman–Crippen LogP) is 8.04. The van der Waals surface area contributed by atoms with Crippen molar-refractivity contribution in [3.05, 3.63) is 185 Å². The van der Waals surface area contributed by atoms with Gasteiger partial charge in [0.1, 0.15) is 0 Å². The first-order chi connectivity index (χ1) is 24.9. The van der Waals surface area contributed by atoms with Crippen molar-refractivity contribution in [2.75, 3.05) is 15.5 Å². The highest BCUT2D eigenvalue weighted by molar-refractivity contribution is 6.35. The Morgan fingerprint density at radius 3 is 1.76 bits per heavy atom. The van der Waals surface area contributed by atoms with Gasteiger partial charge in [-0.1, -0.05) is 84.5 Å². The summed E-state index contributed by atoms with van der Waals surface area (Å²) in [4.78, 5) is 55.7. The lowest BCUT2D eigenvalue weighted by molar-refractivity contribution is 0.0922. The van der Waals surface area contributed by atoms with E-state index in [4.69, 9.17) is 6.42 Å². The van der Waals surface area contributed by atoms with Crippen LogP contribution in [-0.4, -0.2) is 23.6 Å². The van der Waals surface area contributed by atoms with E-state index >= 15 is 0 Å². The number of nitrogens with one attached hydrogen (secondary N) is 2. The summed E-state index contributed by atoms with van der Waals surface area (Å²) in [6.45, 7) is 0. The molecule has 7 rings (SSSR count). The second-order valence-corrected chi connectivity index (χ2v) is 11.7. The van der Waals surface area contributed by atoms with Gasteiger partial charge in [0.05, 0.1) is 16.8 Å². The number of imide groups is 1. The van der Waals surface area contributed by atoms with E-state index in [1.165, 1.54) is 30.3 Å². The summed E-state index contributed by atoms with van der Waals surface area (Å²) in [7, 11) is 0. The first-order valence-corrected chi connectivity index (χ1v) is 16.0. The fourth-order valence-corrected chi connectivity index (χ4v) is 5.72. The molecule has 0 fully saturated rings. The van der Waals surface area contributed by atoms with Crippen molar-refractivity contribution >= 4 is 40.7 Å². The number of nitrogens with zero attached hydrogens (tertiary/aromatic N) is 1. The van der Waals surface area contributed by atoms with Crippen LogP contribution >= 0.6 is 0 Å². The molecule has 4 amide bonds. The van der Waals surface area contributed by atoms with E-state index in [-0.39, 0.29) is 27.9 Å². The lowest BCUT2D eigenvalue weighted by Crippen LogP contribution is -2.30. The number of benzene rings is 6. The molecule has 2 N–H and O–H groups in total. The minimum Gasteiger partial charge on any atom is -0.322 e. The van der Waals surface area contributed by atoms with Gasteiger partial charge >= 0.3 is 0 Å². The minimum atomic E-state index is -0.615. The molecule has 0 aliphatic carbocycles. The molecule has 1 aliphatic rings. The van der Waals surface area contributed by atoms with Crippen LogP contribution < -0.4 is 15.5 Å². The zero-order valence-corrected chi connectivity index (χ0v) is 27.0. The third-order valence-corrected chi connectivity index (χ3v) is 8.23. The smallest absolute Gasteiger partial charge is 0.266 e. The van der Waals surface area contributed by atoms with Gasteiger partial charge in [0.25, 0.3) is 23.6 Å². The molecule has 7 heteroatoms. The van der Waals surface area contributed by atoms with Gasteiger partial charge in [-0.2, -0.15) is 0 Å². The van der Waals surface area contributed by atoms with Gasteiger partial charge in [0.2, 0.25) is 0 Å². The maximum atomic E-state index is 13.8. The largest absolute Gasteiger partial charge is 0.322 e. The topological polar surface area (TPSA) is 95.6 Å². The summed E-state index contributed by atoms with van der Waals surface area (Å²) in [5, 5.41) is 5.76. The van der Waals surface area contributed by atoms with E-state index in [2.05, 4.69) is 28.4 Å². The molecule has 6 aromatic carbocycles. The standard InChI is InChI=1S/C44H27N3O4/c1-2-29-21-22-39-40(24-29)44(51)47(43(39)50)38-27-34(41(48)45-36-17-9-13-31(23-36)20-19-30-11-5-3-6-12-30)25-35(28-38)42(49)46-37-18-10-16-33(26-37)32-14-7-4-8-15-32/h1,3-18,21-28H,(H,45,48)(H,46,49). The summed E-state index contributed by atoms with van der Waals surface area (Å²) < 4.78 is 0. The fourth-order valence-electron chi connectivity index (χ4n) is 5.72. The number of hydrogen-bond donors (Lipinski definition) is 2. The van der Waals surface area contributed by atoms with Crippen molar-refractivity contribution in [2.45, 2.75) is 0 Å². The van der Waals surface area contributed by atoms with Crippen LogP contribution in [0.15, 0.2) is 146 Å². The first kappa shape index (κ1) is 32.1. The van der Waals surface area contributed by atoms with E-state index in [0.29, 0.717) is 22.5 Å². The number of carbonyl (C=O) groups is 4. The molecular weight excluding hydrogens is 635 g/mol. The molecule has 0 spiro atoms. The zero-order chi connectivity index (χ0) is 35.3. The Bertz CT molecular complexity index is 2470. The Morgan fingerprint density at radius 2 is 1.08 bits per heavy atom. The Kier molecular flexibility index (Phi) is 8.77. The zero-order valence-electron chi connectivity index (χ0n) is 27.0. The first-order valence-electron chi connectivity index (χ1n) is 16.0. The second-order valence-electron chi connectivity index (χ2n) is 11.7. The highest BCUT2D eigenvalue weighted by Crippen LogP contribution is 2.31. The molecule has 0 unspecified atom stereocenters. The molecule has 51 heavy (non-hydrogen) atoms. The third-order valence-electron chi connectivity index (χ3n) is 8.23. The van der Waals surface area contributed by atoms with Crippen LogP contribution in [-0.2, 0) is 0 Å². The number of fused-ring (bicyclic) bond motifs is 1. The average molecular weight is 662 g/mol. The van der Waals surface area contributed by atoms with Gasteiger partial charge in [-0.3, -0.25) is 19.2 Å². The number of amides is 4. The van der Waals surface area contributed by atoms with Crippen molar-refractivity contribution < 1.29 is 19.2 Å². The maximum absolute atomic E-state index is 13.8. The van der Waals surface area contributed by atoms with Crippen LogP contribution in [0.2, 0.25) is 0 Å². The summed E-state index contributed by atoms with van der Waals surface area (Å²) >= 11 is 0. The van der Waals surface area contributed by atoms with E-state index in [0.717, 1.165) is 21.6 Å². The van der Waals surface area contributed by atoms with Gasteiger partial charge in [0.15, 0.2) is 0 Å². The van der Waals surface area contributed by atoms with Crippen LogP contribution in [0.5, 0.6) is 0 Å². The van der Waals surface area contributed by atoms with Crippen molar-refractivity contribution in [3.8, 4) is 35.3 Å². The summed E-state index contributed by atoms with van der Waals surface area (Å²) in [5.41, 5.74) is 5.33. The molecule has 7 nitrogen and oxygen atoms in total. The Labute approximate surface area is 294 Å². The number of anilines is 3. The molecule has 0 bridgehead atoms. The summed E-state index contributed by atoms with van der Waals surface area (Å²) in [5.74, 6) is 6.37. The molecule has 242 valence electrons. The molecular formula is C44H27N3O4. The minimum absolute atomic E-state index is 0.0531. The lowest BCUT2D eigenvalue weighted by atomic mass is 10.0. The fraction of sp³-hybridized carbons (Fsp3) is 0. The van der Waals surface area contributed by atoms with Crippen LogP contribution in [0.3, 0.4) is 0 Å². The van der Waals surface area contributed by atoms with E-state index in [1.54, 1.807) is 30.3 Å². The van der Waals surface area contributed by atoms with Crippen LogP contribution in [0, 0.1) is 24.2 Å². The third kappa shape index (κ3) is 6.91. The van der Waals surface area contributed by atoms with E-state index in [9.17, 15) is 19.2 Å². The Hall–Kier alpha value is -7.48. The van der Waals surface area contributed by atoms with Gasteiger partial charge in [0, 0.05) is 39.2 Å². The number of terminal acetylenes is 1. The van der Waals surface area contributed by atoms with Crippen LogP contribution in [0.25, 0.3) is 11.1 Å². The summed E-state index contributed by atoms with van der Waals surface area (Å²) in [6.07, 6.45) is 5.54. The molecule has 0 radical (unpaired) electrons. The maximum Gasteiger partial charge on any atom is 0.266 e. The van der Waals surface area contributed by atoms with Crippen molar-refractivity contribution in [2.24, 2.45) is 0 Å². The SMILES string of the molecule is C#Cc1ccc2c(c1)C(=O)N(c1cc(C(=O)Nc3cccc(C#Cc4ccccc4)c3)cc(C(=O)Nc3cccc(-c4ccccc4)c3)c1)C2=O. The van der Waals surface area contributed by atoms with E-state index in [1.807, 2.05) is 84.9 Å². The molecule has 1 heterocycles. The quantitative estimate of drug-likeness (QED) is 0.140. The molecule has 1 aliphatic heterocycles. The van der Waals surface area contributed by atoms with Crippen molar-refractivity contribution in [1.29, 1.82) is 0 Å². The van der Waals surface area contributed by atoms with Gasteiger partial charge in [-0.05, 0) is 90.0 Å². The highest BCUT2D eigenvalue weighted by Gasteiger charge is 2.37. The second kappa shape index (κ2) is 13.9. The van der Waals surface area contributed by atoms with Gasteiger partial charge in [-0.25, -0.2) is 4.90 Å². The lowest BCUT2D eigenvalue weighted by Gasteiger charge is -2.17. The van der Waals surface area contributed by atoms with Gasteiger partial charge < -0.3 is 10.6 Å². The Morgan fingerprint density at radius 1 is 0.510 bits per heavy atom. The number of hydrogen-bond acceptors (Lipinski definition) is 4. The normalized spacial score (nSPS) is 11.5. The Balaban J connectivity index is 1.22. The highest BCUT2D eigenvalue weighted by atomic mass is 16.2. The van der Waals surface area contributed by atoms with Crippen molar-refractivity contribution in [3.63, 3.8) is 0 Å². The predicted molar refractivity (Wildman–Crippen MR) is 199 cm³/mol. The van der Waals surface area contributed by atoms with Crippen molar-refractivity contribution in [1.82, 2.24) is 0 Å². The number of rotatable bonds is 6. The molecule has 0 aromatic heterocycles. The van der Waals surface area contributed by atoms with E-state index < -0.39 is 23.6 Å². The molecule has 0 atom stereocenters. The molecule has 0 saturated carbocycles. The number of carbonyl (C=O) groups excluding carboxylic acids is 4. The summed E-state index contributed by atoms with van der Waals surface area (Å²) in [6, 6.07) is 42.5. The molecule has 6 aromatic rings. The van der Waals surface area contributed by atoms with Crippen LogP contribution in [0.4, 0.5) is 17.1 Å².